The maximum absolute atomic E-state index is 14.2. The molecule has 0 unspecified atom stereocenters. The van der Waals surface area contributed by atoms with E-state index in [-0.39, 0.29) is 37.0 Å². The SMILES string of the molecule is C[C@@H]1C[C@@H]2C(=O)N[C@@H](Cc3ccccc3)C(=O)N[C@@H](Cc3c[nH]c4ccccc34)C(=O)N[C@@H](Cc3ccccc3)C(=O)N2C1. The lowest BCUT2D eigenvalue weighted by Gasteiger charge is -2.32. The lowest BCUT2D eigenvalue weighted by atomic mass is 9.99. The summed E-state index contributed by atoms with van der Waals surface area (Å²) in [5.41, 5.74) is 3.53. The summed E-state index contributed by atoms with van der Waals surface area (Å²) in [5, 5.41) is 9.82. The number of H-pyrrole nitrogens is 1. The molecule has 4 aromatic rings. The van der Waals surface area contributed by atoms with E-state index in [1.165, 1.54) is 0 Å². The van der Waals surface area contributed by atoms with Crippen molar-refractivity contribution in [3.8, 4) is 0 Å². The van der Waals surface area contributed by atoms with Crippen LogP contribution in [0.4, 0.5) is 0 Å². The number of carbonyl (C=O) groups is 4. The number of hydrogen-bond donors (Lipinski definition) is 4. The Kier molecular flexibility index (Phi) is 8.45. The van der Waals surface area contributed by atoms with E-state index < -0.39 is 36.0 Å². The third-order valence-electron chi connectivity index (χ3n) is 8.64. The predicted octanol–water partition coefficient (Wildman–Crippen LogP) is 2.90. The molecule has 9 nitrogen and oxygen atoms in total. The summed E-state index contributed by atoms with van der Waals surface area (Å²) in [6.07, 6.45) is 3.02. The average Bonchev–Trinajstić information content (AvgIpc) is 3.63. The zero-order chi connectivity index (χ0) is 30.6. The summed E-state index contributed by atoms with van der Waals surface area (Å²) < 4.78 is 0. The number of nitrogens with zero attached hydrogens (tertiary/aromatic N) is 1. The molecule has 1 aromatic heterocycles. The van der Waals surface area contributed by atoms with Gasteiger partial charge in [0.05, 0.1) is 0 Å². The van der Waals surface area contributed by atoms with Gasteiger partial charge in [0, 0.05) is 42.9 Å². The molecule has 0 spiro atoms. The second kappa shape index (κ2) is 12.8. The fourth-order valence-corrected chi connectivity index (χ4v) is 6.39. The quantitative estimate of drug-likeness (QED) is 0.275. The number of rotatable bonds is 6. The maximum Gasteiger partial charge on any atom is 0.246 e. The molecule has 2 saturated heterocycles. The standard InChI is InChI=1S/C35H37N5O4/c1-22-16-31-34(43)38-28(17-23-10-4-2-5-11-23)32(41)37-29(19-25-20-36-27-15-9-8-14-26(25)27)33(42)39-30(35(44)40(31)21-22)18-24-12-6-3-7-13-24/h2-15,20,22,28-31,36H,16-19,21H2,1H3,(H,37,41)(H,38,43)(H,39,42)/t22-,28+,29+,30+,31-/m1/s1. The first-order valence-electron chi connectivity index (χ1n) is 15.2. The molecule has 5 atom stereocenters. The zero-order valence-corrected chi connectivity index (χ0v) is 24.7. The summed E-state index contributed by atoms with van der Waals surface area (Å²) >= 11 is 0. The van der Waals surface area contributed by atoms with Crippen LogP contribution >= 0.6 is 0 Å². The highest BCUT2D eigenvalue weighted by atomic mass is 16.2. The number of para-hydroxylation sites is 1. The highest BCUT2D eigenvalue weighted by Crippen LogP contribution is 2.26. The molecule has 44 heavy (non-hydrogen) atoms. The van der Waals surface area contributed by atoms with E-state index in [2.05, 4.69) is 20.9 Å². The first-order chi connectivity index (χ1) is 21.4. The summed E-state index contributed by atoms with van der Waals surface area (Å²) in [7, 11) is 0. The van der Waals surface area contributed by atoms with Crippen molar-refractivity contribution in [2.75, 3.05) is 6.54 Å². The molecule has 3 heterocycles. The number of amides is 4. The largest absolute Gasteiger partial charge is 0.361 e. The van der Waals surface area contributed by atoms with Crippen LogP contribution in [0.3, 0.4) is 0 Å². The van der Waals surface area contributed by atoms with Crippen LogP contribution in [0.15, 0.2) is 91.1 Å². The van der Waals surface area contributed by atoms with Gasteiger partial charge in [-0.1, -0.05) is 85.8 Å². The van der Waals surface area contributed by atoms with Crippen LogP contribution in [0.2, 0.25) is 0 Å². The van der Waals surface area contributed by atoms with E-state index in [1.54, 1.807) is 4.90 Å². The van der Waals surface area contributed by atoms with Gasteiger partial charge in [0.2, 0.25) is 23.6 Å². The van der Waals surface area contributed by atoms with Gasteiger partial charge in [0.15, 0.2) is 0 Å². The molecule has 6 rings (SSSR count). The van der Waals surface area contributed by atoms with Gasteiger partial charge in [0.1, 0.15) is 24.2 Å². The van der Waals surface area contributed by atoms with Crippen LogP contribution in [0.25, 0.3) is 10.9 Å². The van der Waals surface area contributed by atoms with Gasteiger partial charge in [-0.05, 0) is 35.1 Å². The van der Waals surface area contributed by atoms with Crippen molar-refractivity contribution in [2.45, 2.75) is 56.8 Å². The Labute approximate surface area is 256 Å². The summed E-state index contributed by atoms with van der Waals surface area (Å²) in [6, 6.07) is 23.1. The maximum atomic E-state index is 14.2. The average molecular weight is 592 g/mol. The molecule has 9 heteroatoms. The van der Waals surface area contributed by atoms with Crippen molar-refractivity contribution in [2.24, 2.45) is 5.92 Å². The van der Waals surface area contributed by atoms with Crippen LogP contribution < -0.4 is 16.0 Å². The van der Waals surface area contributed by atoms with E-state index >= 15 is 0 Å². The summed E-state index contributed by atoms with van der Waals surface area (Å²) in [4.78, 5) is 60.8. The first-order valence-corrected chi connectivity index (χ1v) is 15.2. The van der Waals surface area contributed by atoms with Crippen LogP contribution in [-0.2, 0) is 38.4 Å². The Morgan fingerprint density at radius 3 is 1.89 bits per heavy atom. The van der Waals surface area contributed by atoms with Crippen molar-refractivity contribution in [3.63, 3.8) is 0 Å². The van der Waals surface area contributed by atoms with Gasteiger partial charge in [-0.2, -0.15) is 0 Å². The molecule has 226 valence electrons. The molecule has 2 aliphatic heterocycles. The van der Waals surface area contributed by atoms with Crippen LogP contribution in [0.1, 0.15) is 30.0 Å². The van der Waals surface area contributed by atoms with Gasteiger partial charge >= 0.3 is 0 Å². The molecule has 2 aliphatic rings. The summed E-state index contributed by atoms with van der Waals surface area (Å²) in [6.45, 7) is 2.40. The van der Waals surface area contributed by atoms with Crippen LogP contribution in [0.5, 0.6) is 0 Å². The predicted molar refractivity (Wildman–Crippen MR) is 167 cm³/mol. The third kappa shape index (κ3) is 6.37. The normalized spacial score (nSPS) is 24.6. The van der Waals surface area contributed by atoms with E-state index in [9.17, 15) is 19.2 Å². The highest BCUT2D eigenvalue weighted by molar-refractivity contribution is 5.98. The molecular weight excluding hydrogens is 554 g/mol. The monoisotopic (exact) mass is 591 g/mol. The van der Waals surface area contributed by atoms with Gasteiger partial charge in [-0.25, -0.2) is 0 Å². The fraction of sp³-hybridized carbons (Fsp3) is 0.314. The number of carbonyl (C=O) groups excluding carboxylic acids is 4. The fourth-order valence-electron chi connectivity index (χ4n) is 6.39. The van der Waals surface area contributed by atoms with E-state index in [0.717, 1.165) is 27.6 Å². The van der Waals surface area contributed by atoms with Crippen molar-refractivity contribution in [1.29, 1.82) is 0 Å². The van der Waals surface area contributed by atoms with Crippen molar-refractivity contribution in [1.82, 2.24) is 25.8 Å². The highest BCUT2D eigenvalue weighted by Gasteiger charge is 2.43. The minimum atomic E-state index is -0.990. The molecule has 0 bridgehead atoms. The molecule has 4 N–H and O–H groups in total. The molecule has 2 fully saturated rings. The van der Waals surface area contributed by atoms with Crippen molar-refractivity contribution >= 4 is 34.5 Å². The Bertz CT molecular complexity index is 1650. The molecule has 0 radical (unpaired) electrons. The number of benzene rings is 3. The van der Waals surface area contributed by atoms with Crippen LogP contribution in [0, 0.1) is 5.92 Å². The minimum Gasteiger partial charge on any atom is -0.361 e. The number of aromatic amines is 1. The lowest BCUT2D eigenvalue weighted by Crippen LogP contribution is -2.62. The molecule has 0 saturated carbocycles. The van der Waals surface area contributed by atoms with Gasteiger partial charge < -0.3 is 25.8 Å². The number of nitrogens with one attached hydrogen (secondary N) is 4. The Morgan fingerprint density at radius 1 is 0.659 bits per heavy atom. The minimum absolute atomic E-state index is 0.0870. The lowest BCUT2D eigenvalue weighted by molar-refractivity contribution is -0.143. The van der Waals surface area contributed by atoms with Gasteiger partial charge in [0.25, 0.3) is 0 Å². The first kappa shape index (κ1) is 29.2. The van der Waals surface area contributed by atoms with E-state index in [1.807, 2.05) is 98.0 Å². The van der Waals surface area contributed by atoms with E-state index in [0.29, 0.717) is 13.0 Å². The second-order valence-electron chi connectivity index (χ2n) is 12.0. The Hall–Kier alpha value is -4.92. The Balaban J connectivity index is 1.37. The number of fused-ring (bicyclic) bond motifs is 2. The third-order valence-corrected chi connectivity index (χ3v) is 8.64. The van der Waals surface area contributed by atoms with Crippen molar-refractivity contribution in [3.05, 3.63) is 108 Å². The molecule has 4 amide bonds. The number of aromatic nitrogens is 1. The topological polar surface area (TPSA) is 123 Å². The van der Waals surface area contributed by atoms with Crippen molar-refractivity contribution < 1.29 is 19.2 Å². The smallest absolute Gasteiger partial charge is 0.246 e. The van der Waals surface area contributed by atoms with E-state index in [4.69, 9.17) is 0 Å². The second-order valence-corrected chi connectivity index (χ2v) is 12.0. The molecular formula is C35H37N5O4. The Morgan fingerprint density at radius 2 is 1.20 bits per heavy atom. The molecule has 0 aliphatic carbocycles. The zero-order valence-electron chi connectivity index (χ0n) is 24.7. The molecule has 3 aromatic carbocycles. The van der Waals surface area contributed by atoms with Gasteiger partial charge in [-0.15, -0.1) is 0 Å². The van der Waals surface area contributed by atoms with Crippen LogP contribution in [-0.4, -0.2) is 64.2 Å². The number of hydrogen-bond acceptors (Lipinski definition) is 4. The van der Waals surface area contributed by atoms with Gasteiger partial charge in [-0.3, -0.25) is 19.2 Å². The summed E-state index contributed by atoms with van der Waals surface area (Å²) in [5.74, 6) is -1.48.